The number of carbonyl (C=O) groups excluding carboxylic acids is 1. The quantitative estimate of drug-likeness (QED) is 0.647. The van der Waals surface area contributed by atoms with E-state index < -0.39 is 0 Å². The lowest BCUT2D eigenvalue weighted by Crippen LogP contribution is -2.39. The molecule has 0 spiro atoms. The molecule has 0 bridgehead atoms. The summed E-state index contributed by atoms with van der Waals surface area (Å²) in [6, 6.07) is 15.9. The summed E-state index contributed by atoms with van der Waals surface area (Å²) >= 11 is 0. The molecule has 1 aliphatic rings. The maximum atomic E-state index is 13.2. The van der Waals surface area contributed by atoms with Gasteiger partial charge in [-0.05, 0) is 50.1 Å². The number of aryl methyl sites for hydroxylation is 1. The molecule has 0 aliphatic carbocycles. The molecule has 2 aromatic carbocycles. The van der Waals surface area contributed by atoms with E-state index in [9.17, 15) is 4.79 Å². The first-order valence-corrected chi connectivity index (χ1v) is 10.5. The van der Waals surface area contributed by atoms with Crippen LogP contribution in [0.5, 0.6) is 5.75 Å². The van der Waals surface area contributed by atoms with Crippen molar-refractivity contribution in [2.75, 3.05) is 46.0 Å². The highest BCUT2D eigenvalue weighted by Crippen LogP contribution is 2.16. The van der Waals surface area contributed by atoms with Gasteiger partial charge in [0.2, 0.25) is 0 Å². The summed E-state index contributed by atoms with van der Waals surface area (Å²) < 4.78 is 11.0. The molecule has 29 heavy (non-hydrogen) atoms. The SMILES string of the molecule is CCOc1ccc(CN(CCCN2CCOCC2)C(=O)c2ccc(C)cc2)cc1. The van der Waals surface area contributed by atoms with Crippen molar-refractivity contribution in [2.24, 2.45) is 0 Å². The van der Waals surface area contributed by atoms with Gasteiger partial charge in [-0.3, -0.25) is 9.69 Å². The van der Waals surface area contributed by atoms with E-state index in [1.807, 2.05) is 67.3 Å². The minimum atomic E-state index is 0.0841. The van der Waals surface area contributed by atoms with Gasteiger partial charge in [-0.2, -0.15) is 0 Å². The predicted molar refractivity (Wildman–Crippen MR) is 115 cm³/mol. The third-order valence-corrected chi connectivity index (χ3v) is 5.20. The van der Waals surface area contributed by atoms with E-state index >= 15 is 0 Å². The summed E-state index contributed by atoms with van der Waals surface area (Å²) in [5.74, 6) is 0.945. The summed E-state index contributed by atoms with van der Waals surface area (Å²) in [5.41, 5.74) is 3.01. The Bertz CT molecular complexity index is 753. The molecule has 1 saturated heterocycles. The zero-order valence-corrected chi connectivity index (χ0v) is 17.6. The zero-order valence-electron chi connectivity index (χ0n) is 17.6. The van der Waals surface area contributed by atoms with Gasteiger partial charge in [-0.25, -0.2) is 0 Å². The van der Waals surface area contributed by atoms with Crippen molar-refractivity contribution >= 4 is 5.91 Å². The summed E-state index contributed by atoms with van der Waals surface area (Å²) in [6.45, 7) is 10.5. The number of morpholine rings is 1. The van der Waals surface area contributed by atoms with Crippen LogP contribution >= 0.6 is 0 Å². The Kier molecular flexibility index (Phi) is 8.08. The highest BCUT2D eigenvalue weighted by atomic mass is 16.5. The van der Waals surface area contributed by atoms with Gasteiger partial charge in [0, 0.05) is 38.3 Å². The third-order valence-electron chi connectivity index (χ3n) is 5.20. The van der Waals surface area contributed by atoms with Gasteiger partial charge in [0.1, 0.15) is 5.75 Å². The fourth-order valence-corrected chi connectivity index (χ4v) is 3.52. The van der Waals surface area contributed by atoms with Gasteiger partial charge in [0.15, 0.2) is 0 Å². The minimum Gasteiger partial charge on any atom is -0.494 e. The number of nitrogens with zero attached hydrogens (tertiary/aromatic N) is 2. The van der Waals surface area contributed by atoms with E-state index in [0.717, 1.165) is 68.3 Å². The van der Waals surface area contributed by atoms with Crippen molar-refractivity contribution in [1.82, 2.24) is 9.80 Å². The predicted octanol–water partition coefficient (Wildman–Crippen LogP) is 3.76. The first-order valence-electron chi connectivity index (χ1n) is 10.5. The molecule has 0 aromatic heterocycles. The fourth-order valence-electron chi connectivity index (χ4n) is 3.52. The third kappa shape index (κ3) is 6.58. The van der Waals surface area contributed by atoms with Crippen LogP contribution in [0.2, 0.25) is 0 Å². The van der Waals surface area contributed by atoms with E-state index in [1.165, 1.54) is 0 Å². The molecule has 3 rings (SSSR count). The lowest BCUT2D eigenvalue weighted by Gasteiger charge is -2.28. The van der Waals surface area contributed by atoms with Crippen LogP contribution in [-0.4, -0.2) is 61.7 Å². The Labute approximate surface area is 174 Å². The van der Waals surface area contributed by atoms with Gasteiger partial charge in [-0.15, -0.1) is 0 Å². The number of amides is 1. The largest absolute Gasteiger partial charge is 0.494 e. The molecule has 0 unspecified atom stereocenters. The van der Waals surface area contributed by atoms with Gasteiger partial charge in [-0.1, -0.05) is 29.8 Å². The first-order chi connectivity index (χ1) is 14.2. The second-order valence-corrected chi connectivity index (χ2v) is 7.48. The van der Waals surface area contributed by atoms with Crippen molar-refractivity contribution in [3.8, 4) is 5.75 Å². The molecule has 1 heterocycles. The van der Waals surface area contributed by atoms with Gasteiger partial charge < -0.3 is 14.4 Å². The molecule has 1 aliphatic heterocycles. The Hall–Kier alpha value is -2.37. The number of hydrogen-bond donors (Lipinski definition) is 0. The highest BCUT2D eigenvalue weighted by molar-refractivity contribution is 5.94. The molecule has 1 amide bonds. The van der Waals surface area contributed by atoms with Crippen molar-refractivity contribution in [3.63, 3.8) is 0 Å². The highest BCUT2D eigenvalue weighted by Gasteiger charge is 2.17. The minimum absolute atomic E-state index is 0.0841. The summed E-state index contributed by atoms with van der Waals surface area (Å²) in [6.07, 6.45) is 0.953. The lowest BCUT2D eigenvalue weighted by atomic mass is 10.1. The molecular weight excluding hydrogens is 364 g/mol. The van der Waals surface area contributed by atoms with Crippen LogP contribution in [0.4, 0.5) is 0 Å². The van der Waals surface area contributed by atoms with Crippen LogP contribution in [0.25, 0.3) is 0 Å². The Balaban J connectivity index is 1.65. The van der Waals surface area contributed by atoms with E-state index in [4.69, 9.17) is 9.47 Å². The molecule has 5 nitrogen and oxygen atoms in total. The lowest BCUT2D eigenvalue weighted by molar-refractivity contribution is 0.0355. The average molecular weight is 397 g/mol. The molecular formula is C24H32N2O3. The summed E-state index contributed by atoms with van der Waals surface area (Å²) in [7, 11) is 0. The summed E-state index contributed by atoms with van der Waals surface area (Å²) in [4.78, 5) is 17.6. The standard InChI is InChI=1S/C24H32N2O3/c1-3-29-23-11-7-21(8-12-23)19-26(14-4-13-25-15-17-28-18-16-25)24(27)22-9-5-20(2)6-10-22/h5-12H,3-4,13-19H2,1-2H3. The number of hydrogen-bond acceptors (Lipinski definition) is 4. The van der Waals surface area contributed by atoms with E-state index in [-0.39, 0.29) is 5.91 Å². The maximum absolute atomic E-state index is 13.2. The average Bonchev–Trinajstić information content (AvgIpc) is 2.75. The van der Waals surface area contributed by atoms with Crippen molar-refractivity contribution in [3.05, 3.63) is 65.2 Å². The van der Waals surface area contributed by atoms with Crippen LogP contribution in [0, 0.1) is 6.92 Å². The van der Waals surface area contributed by atoms with Crippen molar-refractivity contribution in [1.29, 1.82) is 0 Å². The van der Waals surface area contributed by atoms with Gasteiger partial charge in [0.25, 0.3) is 5.91 Å². The van der Waals surface area contributed by atoms with Crippen LogP contribution in [0.15, 0.2) is 48.5 Å². The molecule has 0 N–H and O–H groups in total. The normalized spacial score (nSPS) is 14.6. The Morgan fingerprint density at radius 3 is 2.41 bits per heavy atom. The molecule has 1 fully saturated rings. The topological polar surface area (TPSA) is 42.0 Å². The number of carbonyl (C=O) groups is 1. The molecule has 0 atom stereocenters. The van der Waals surface area contributed by atoms with Crippen LogP contribution in [0.1, 0.15) is 34.8 Å². The second-order valence-electron chi connectivity index (χ2n) is 7.48. The van der Waals surface area contributed by atoms with E-state index in [1.54, 1.807) is 0 Å². The zero-order chi connectivity index (χ0) is 20.5. The molecule has 156 valence electrons. The van der Waals surface area contributed by atoms with Crippen LogP contribution < -0.4 is 4.74 Å². The molecule has 5 heteroatoms. The Morgan fingerprint density at radius 2 is 1.76 bits per heavy atom. The second kappa shape index (κ2) is 11.0. The fraction of sp³-hybridized carbons (Fsp3) is 0.458. The van der Waals surface area contributed by atoms with Crippen molar-refractivity contribution in [2.45, 2.75) is 26.8 Å². The smallest absolute Gasteiger partial charge is 0.254 e. The van der Waals surface area contributed by atoms with Gasteiger partial charge >= 0.3 is 0 Å². The first kappa shape index (κ1) is 21.3. The van der Waals surface area contributed by atoms with Crippen LogP contribution in [0.3, 0.4) is 0 Å². The maximum Gasteiger partial charge on any atom is 0.254 e. The number of ether oxygens (including phenoxy) is 2. The van der Waals surface area contributed by atoms with Crippen LogP contribution in [-0.2, 0) is 11.3 Å². The molecule has 0 saturated carbocycles. The number of benzene rings is 2. The van der Waals surface area contributed by atoms with Gasteiger partial charge in [0.05, 0.1) is 19.8 Å². The van der Waals surface area contributed by atoms with E-state index in [2.05, 4.69) is 4.90 Å². The Morgan fingerprint density at radius 1 is 1.07 bits per heavy atom. The summed E-state index contributed by atoms with van der Waals surface area (Å²) in [5, 5.41) is 0. The molecule has 2 aromatic rings. The molecule has 0 radical (unpaired) electrons. The number of rotatable bonds is 9. The van der Waals surface area contributed by atoms with Crippen molar-refractivity contribution < 1.29 is 14.3 Å². The monoisotopic (exact) mass is 396 g/mol. The van der Waals surface area contributed by atoms with E-state index in [0.29, 0.717) is 13.2 Å².